The number of rotatable bonds is 2. The first-order valence-corrected chi connectivity index (χ1v) is 7.42. The Labute approximate surface area is 130 Å². The van der Waals surface area contributed by atoms with E-state index in [2.05, 4.69) is 20.9 Å². The maximum atomic E-state index is 10.1. The highest BCUT2D eigenvalue weighted by Gasteiger charge is 2.15. The van der Waals surface area contributed by atoms with Crippen LogP contribution < -0.4 is 0 Å². The zero-order valence-corrected chi connectivity index (χ0v) is 13.1. The number of benzene rings is 2. The van der Waals surface area contributed by atoms with Crippen molar-refractivity contribution in [1.29, 1.82) is 0 Å². The third-order valence-electron chi connectivity index (χ3n) is 3.23. The van der Waals surface area contributed by atoms with Gasteiger partial charge in [-0.2, -0.15) is 0 Å². The van der Waals surface area contributed by atoms with Crippen LogP contribution in [0.5, 0.6) is 5.75 Å². The predicted molar refractivity (Wildman–Crippen MR) is 85.2 cm³/mol. The van der Waals surface area contributed by atoms with Gasteiger partial charge in [-0.1, -0.05) is 27.5 Å². The van der Waals surface area contributed by atoms with E-state index in [-0.39, 0.29) is 5.75 Å². The first-order valence-electron chi connectivity index (χ1n) is 6.25. The molecule has 0 amide bonds. The lowest BCUT2D eigenvalue weighted by Crippen LogP contribution is -1.97. The Kier molecular flexibility index (Phi) is 3.44. The number of aryl methyl sites for hydroxylation is 1. The molecule has 3 aromatic rings. The smallest absolute Gasteiger partial charge is 0.144 e. The average molecular weight is 352 g/mol. The van der Waals surface area contributed by atoms with Crippen molar-refractivity contribution in [2.75, 3.05) is 0 Å². The lowest BCUT2D eigenvalue weighted by molar-refractivity contribution is 0.476. The molecule has 0 unspecified atom stereocenters. The Bertz CT molecular complexity index is 798. The first kappa shape index (κ1) is 13.5. The first-order chi connectivity index (χ1) is 9.60. The Morgan fingerprint density at radius 3 is 2.75 bits per heavy atom. The molecule has 0 fully saturated rings. The monoisotopic (exact) mass is 350 g/mol. The molecule has 5 heteroatoms. The van der Waals surface area contributed by atoms with Gasteiger partial charge in [0.1, 0.15) is 11.6 Å². The van der Waals surface area contributed by atoms with Gasteiger partial charge < -0.3 is 9.67 Å². The summed E-state index contributed by atoms with van der Waals surface area (Å²) >= 11 is 9.40. The lowest BCUT2D eigenvalue weighted by atomic mass is 10.2. The van der Waals surface area contributed by atoms with Crippen molar-refractivity contribution in [3.63, 3.8) is 0 Å². The summed E-state index contributed by atoms with van der Waals surface area (Å²) in [5, 5.41) is 10.8. The minimum atomic E-state index is 0.204. The summed E-state index contributed by atoms with van der Waals surface area (Å²) in [5.74, 6) is 0.949. The summed E-state index contributed by atoms with van der Waals surface area (Å²) in [4.78, 5) is 4.61. The van der Waals surface area contributed by atoms with E-state index >= 15 is 0 Å². The number of imidazole rings is 1. The van der Waals surface area contributed by atoms with Crippen LogP contribution in [-0.4, -0.2) is 14.7 Å². The normalized spacial score (nSPS) is 11.2. The zero-order valence-electron chi connectivity index (χ0n) is 10.8. The highest BCUT2D eigenvalue weighted by Crippen LogP contribution is 2.33. The van der Waals surface area contributed by atoms with Crippen molar-refractivity contribution >= 4 is 38.6 Å². The Morgan fingerprint density at radius 1 is 1.25 bits per heavy atom. The summed E-state index contributed by atoms with van der Waals surface area (Å²) in [5.41, 5.74) is 2.55. The van der Waals surface area contributed by atoms with Crippen LogP contribution in [0, 0.1) is 0 Å². The molecular formula is C15H12BrClN2O. The standard InChI is InChI=1S/C15H12BrClN2O/c1-2-19-13-8-10(17)4-6-12(13)18-15(19)11-5-3-9(16)7-14(11)20/h3-8,20H,2H2,1H3. The number of fused-ring (bicyclic) bond motifs is 1. The molecule has 0 aliphatic carbocycles. The molecule has 20 heavy (non-hydrogen) atoms. The molecule has 102 valence electrons. The largest absolute Gasteiger partial charge is 0.507 e. The van der Waals surface area contributed by atoms with Crippen LogP contribution in [0.4, 0.5) is 0 Å². The molecule has 3 rings (SSSR count). The number of phenolic OH excluding ortho intramolecular Hbond substituents is 1. The summed E-state index contributed by atoms with van der Waals surface area (Å²) < 4.78 is 2.88. The second-order valence-corrected chi connectivity index (χ2v) is 5.83. The molecule has 3 nitrogen and oxygen atoms in total. The van der Waals surface area contributed by atoms with Gasteiger partial charge in [-0.05, 0) is 43.3 Å². The Morgan fingerprint density at radius 2 is 2.05 bits per heavy atom. The van der Waals surface area contributed by atoms with Crippen molar-refractivity contribution in [2.45, 2.75) is 13.5 Å². The van der Waals surface area contributed by atoms with Gasteiger partial charge in [0.2, 0.25) is 0 Å². The van der Waals surface area contributed by atoms with E-state index in [4.69, 9.17) is 11.6 Å². The molecule has 1 heterocycles. The molecule has 0 spiro atoms. The van der Waals surface area contributed by atoms with Crippen molar-refractivity contribution < 1.29 is 5.11 Å². The Balaban J connectivity index is 2.30. The van der Waals surface area contributed by atoms with Crippen molar-refractivity contribution in [3.05, 3.63) is 45.9 Å². The van der Waals surface area contributed by atoms with E-state index in [1.807, 2.05) is 41.8 Å². The summed E-state index contributed by atoms with van der Waals surface area (Å²) in [6.07, 6.45) is 0. The van der Waals surface area contributed by atoms with E-state index in [0.717, 1.165) is 27.9 Å². The topological polar surface area (TPSA) is 38.0 Å². The highest BCUT2D eigenvalue weighted by atomic mass is 79.9. The molecule has 2 aromatic carbocycles. The summed E-state index contributed by atoms with van der Waals surface area (Å²) in [6.45, 7) is 2.79. The molecule has 0 radical (unpaired) electrons. The van der Waals surface area contributed by atoms with E-state index in [1.165, 1.54) is 0 Å². The minimum absolute atomic E-state index is 0.204. The fourth-order valence-electron chi connectivity index (χ4n) is 2.32. The van der Waals surface area contributed by atoms with E-state index < -0.39 is 0 Å². The van der Waals surface area contributed by atoms with E-state index in [9.17, 15) is 5.11 Å². The van der Waals surface area contributed by atoms with Crippen LogP contribution >= 0.6 is 27.5 Å². The van der Waals surface area contributed by atoms with Gasteiger partial charge in [0, 0.05) is 16.0 Å². The van der Waals surface area contributed by atoms with Gasteiger partial charge in [0.05, 0.1) is 16.6 Å². The van der Waals surface area contributed by atoms with Gasteiger partial charge in [-0.15, -0.1) is 0 Å². The van der Waals surface area contributed by atoms with Gasteiger partial charge >= 0.3 is 0 Å². The van der Waals surface area contributed by atoms with Crippen molar-refractivity contribution in [1.82, 2.24) is 9.55 Å². The number of phenols is 1. The maximum Gasteiger partial charge on any atom is 0.144 e. The fourth-order valence-corrected chi connectivity index (χ4v) is 2.83. The number of aromatic nitrogens is 2. The average Bonchev–Trinajstić information content (AvgIpc) is 2.76. The van der Waals surface area contributed by atoms with Gasteiger partial charge in [0.25, 0.3) is 0 Å². The molecule has 0 aliphatic heterocycles. The fraction of sp³-hybridized carbons (Fsp3) is 0.133. The zero-order chi connectivity index (χ0) is 14.3. The van der Waals surface area contributed by atoms with E-state index in [0.29, 0.717) is 10.6 Å². The van der Waals surface area contributed by atoms with E-state index in [1.54, 1.807) is 6.07 Å². The summed E-state index contributed by atoms with van der Waals surface area (Å²) in [6, 6.07) is 11.0. The highest BCUT2D eigenvalue weighted by molar-refractivity contribution is 9.10. The van der Waals surface area contributed by atoms with Gasteiger partial charge in [0.15, 0.2) is 0 Å². The molecule has 0 atom stereocenters. The van der Waals surface area contributed by atoms with Crippen molar-refractivity contribution in [3.8, 4) is 17.1 Å². The quantitative estimate of drug-likeness (QED) is 0.717. The van der Waals surface area contributed by atoms with Crippen LogP contribution in [0.1, 0.15) is 6.92 Å². The van der Waals surface area contributed by atoms with Crippen LogP contribution in [0.25, 0.3) is 22.4 Å². The third kappa shape index (κ3) is 2.19. The maximum absolute atomic E-state index is 10.1. The van der Waals surface area contributed by atoms with Crippen molar-refractivity contribution in [2.24, 2.45) is 0 Å². The molecule has 1 N–H and O–H groups in total. The van der Waals surface area contributed by atoms with Crippen LogP contribution in [0.15, 0.2) is 40.9 Å². The second-order valence-electron chi connectivity index (χ2n) is 4.47. The van der Waals surface area contributed by atoms with Crippen LogP contribution in [0.2, 0.25) is 5.02 Å². The number of halogens is 2. The SMILES string of the molecule is CCn1c(-c2ccc(Br)cc2O)nc2ccc(Cl)cc21. The number of nitrogens with zero attached hydrogens (tertiary/aromatic N) is 2. The summed E-state index contributed by atoms with van der Waals surface area (Å²) in [7, 11) is 0. The van der Waals surface area contributed by atoms with Crippen LogP contribution in [-0.2, 0) is 6.54 Å². The Hall–Kier alpha value is -1.52. The predicted octanol–water partition coefficient (Wildman–Crippen LogP) is 4.84. The molecule has 0 saturated heterocycles. The van der Waals surface area contributed by atoms with Crippen LogP contribution in [0.3, 0.4) is 0 Å². The number of hydrogen-bond acceptors (Lipinski definition) is 2. The number of aromatic hydroxyl groups is 1. The molecule has 0 aliphatic rings. The lowest BCUT2D eigenvalue weighted by Gasteiger charge is -2.08. The minimum Gasteiger partial charge on any atom is -0.507 e. The van der Waals surface area contributed by atoms with Gasteiger partial charge in [-0.25, -0.2) is 4.98 Å². The molecular weight excluding hydrogens is 340 g/mol. The number of hydrogen-bond donors (Lipinski definition) is 1. The van der Waals surface area contributed by atoms with Gasteiger partial charge in [-0.3, -0.25) is 0 Å². The molecule has 0 bridgehead atoms. The third-order valence-corrected chi connectivity index (χ3v) is 3.96. The second kappa shape index (κ2) is 5.11. The molecule has 1 aromatic heterocycles. The molecule has 0 saturated carbocycles.